The molecule has 3 rings (SSSR count). The molecule has 4 amide bonds. The first kappa shape index (κ1) is 27.2. The molecule has 36 heavy (non-hydrogen) atoms. The number of amides is 4. The van der Waals surface area contributed by atoms with Crippen molar-refractivity contribution in [2.75, 3.05) is 36.8 Å². The topological polar surface area (TPSA) is 120 Å². The van der Waals surface area contributed by atoms with E-state index in [0.29, 0.717) is 17.8 Å². The third-order valence-electron chi connectivity index (χ3n) is 5.59. The van der Waals surface area contributed by atoms with Crippen molar-refractivity contribution in [3.05, 3.63) is 24.3 Å². The molecule has 1 aromatic rings. The molecule has 0 spiro atoms. The fraction of sp³-hybridized carbons (Fsp3) is 0.565. The first-order valence-electron chi connectivity index (χ1n) is 11.5. The van der Waals surface area contributed by atoms with E-state index in [1.165, 1.54) is 0 Å². The van der Waals surface area contributed by atoms with Crippen LogP contribution in [-0.4, -0.2) is 83.7 Å². The van der Waals surface area contributed by atoms with Crippen LogP contribution in [0.1, 0.15) is 33.6 Å². The fourth-order valence-corrected chi connectivity index (χ4v) is 3.92. The molecule has 2 fully saturated rings. The number of nitrogens with one attached hydrogen (secondary N) is 3. The van der Waals surface area contributed by atoms with Gasteiger partial charge in [-0.25, -0.2) is 4.79 Å². The van der Waals surface area contributed by atoms with Crippen LogP contribution >= 0.6 is 0 Å². The standard InChI is InChI=1S/C23H30F3N5O5/c1-22(2,3)36-21(35)31-10-9-30(17(12-31)23(24,25)26)13-19(33)28-15-6-4-5-14(11-15)27-16-7-8-18(32)29-20(16)34/h4-6,11,16-17,27H,7-10,12-13H2,1-3H3,(H,28,33)(H,29,32,34)/t16?,17-/m0/s1. The Bertz CT molecular complexity index is 1010. The zero-order valence-electron chi connectivity index (χ0n) is 20.3. The third-order valence-corrected chi connectivity index (χ3v) is 5.59. The predicted octanol–water partition coefficient (Wildman–Crippen LogP) is 2.33. The van der Waals surface area contributed by atoms with Gasteiger partial charge in [-0.3, -0.25) is 24.6 Å². The van der Waals surface area contributed by atoms with E-state index < -0.39 is 54.9 Å². The molecule has 1 aromatic carbocycles. The number of imide groups is 1. The Kier molecular flexibility index (Phi) is 8.12. The number of benzene rings is 1. The van der Waals surface area contributed by atoms with Crippen LogP contribution < -0.4 is 16.0 Å². The summed E-state index contributed by atoms with van der Waals surface area (Å²) in [5.74, 6) is -1.46. The summed E-state index contributed by atoms with van der Waals surface area (Å²) >= 11 is 0. The highest BCUT2D eigenvalue weighted by atomic mass is 19.4. The highest BCUT2D eigenvalue weighted by molar-refractivity contribution is 6.01. The van der Waals surface area contributed by atoms with E-state index in [9.17, 15) is 32.3 Å². The Morgan fingerprint density at radius 1 is 1.14 bits per heavy atom. The number of piperidine rings is 1. The van der Waals surface area contributed by atoms with Crippen molar-refractivity contribution in [1.29, 1.82) is 0 Å². The number of carbonyl (C=O) groups excluding carboxylic acids is 4. The maximum Gasteiger partial charge on any atom is 0.410 e. The molecule has 0 radical (unpaired) electrons. The van der Waals surface area contributed by atoms with E-state index in [-0.39, 0.29) is 25.4 Å². The van der Waals surface area contributed by atoms with Gasteiger partial charge < -0.3 is 20.3 Å². The molecule has 2 atom stereocenters. The molecule has 10 nitrogen and oxygen atoms in total. The van der Waals surface area contributed by atoms with Gasteiger partial charge in [-0.05, 0) is 45.4 Å². The first-order chi connectivity index (χ1) is 16.7. The van der Waals surface area contributed by atoms with Crippen LogP contribution in [0.25, 0.3) is 0 Å². The Balaban J connectivity index is 1.60. The minimum absolute atomic E-state index is 0.0138. The number of rotatable bonds is 5. The van der Waals surface area contributed by atoms with Gasteiger partial charge in [0.1, 0.15) is 17.7 Å². The molecule has 2 heterocycles. The van der Waals surface area contributed by atoms with E-state index in [1.807, 2.05) is 0 Å². The van der Waals surface area contributed by atoms with E-state index in [1.54, 1.807) is 45.0 Å². The van der Waals surface area contributed by atoms with Gasteiger partial charge in [0.2, 0.25) is 17.7 Å². The number of piperazine rings is 1. The van der Waals surface area contributed by atoms with Crippen molar-refractivity contribution in [3.8, 4) is 0 Å². The summed E-state index contributed by atoms with van der Waals surface area (Å²) in [6, 6.07) is 3.74. The van der Waals surface area contributed by atoms with Crippen LogP contribution in [0.15, 0.2) is 24.3 Å². The first-order valence-corrected chi connectivity index (χ1v) is 11.5. The molecular formula is C23H30F3N5O5. The molecule has 2 aliphatic heterocycles. The van der Waals surface area contributed by atoms with Crippen molar-refractivity contribution >= 4 is 35.2 Å². The average Bonchev–Trinajstić information content (AvgIpc) is 2.74. The fourth-order valence-electron chi connectivity index (χ4n) is 3.92. The maximum absolute atomic E-state index is 13.8. The summed E-state index contributed by atoms with van der Waals surface area (Å²) in [5, 5.41) is 7.79. The molecule has 2 saturated heterocycles. The SMILES string of the molecule is CC(C)(C)OC(=O)N1CCN(CC(=O)Nc2cccc(NC3CCC(=O)NC3=O)c2)[C@H](C(F)(F)F)C1. The number of nitrogens with zero attached hydrogens (tertiary/aromatic N) is 2. The van der Waals surface area contributed by atoms with Gasteiger partial charge in [0.15, 0.2) is 0 Å². The van der Waals surface area contributed by atoms with Gasteiger partial charge in [0.25, 0.3) is 0 Å². The minimum Gasteiger partial charge on any atom is -0.444 e. The Labute approximate surface area is 206 Å². The quantitative estimate of drug-likeness (QED) is 0.517. The van der Waals surface area contributed by atoms with Crippen LogP contribution in [0.3, 0.4) is 0 Å². The van der Waals surface area contributed by atoms with Crippen LogP contribution in [-0.2, 0) is 19.1 Å². The second-order valence-corrected chi connectivity index (χ2v) is 9.73. The molecule has 13 heteroatoms. The lowest BCUT2D eigenvalue weighted by molar-refractivity contribution is -0.195. The summed E-state index contributed by atoms with van der Waals surface area (Å²) in [6.07, 6.45) is -4.98. The molecule has 0 aliphatic carbocycles. The Hall–Kier alpha value is -3.35. The normalized spacial score (nSPS) is 21.6. The molecular weight excluding hydrogens is 483 g/mol. The summed E-state index contributed by atoms with van der Waals surface area (Å²) in [4.78, 5) is 50.1. The Morgan fingerprint density at radius 2 is 1.83 bits per heavy atom. The van der Waals surface area contributed by atoms with Crippen molar-refractivity contribution in [1.82, 2.24) is 15.1 Å². The van der Waals surface area contributed by atoms with Gasteiger partial charge in [0, 0.05) is 37.4 Å². The molecule has 0 bridgehead atoms. The number of anilines is 2. The second-order valence-electron chi connectivity index (χ2n) is 9.73. The van der Waals surface area contributed by atoms with Gasteiger partial charge in [-0.1, -0.05) is 6.07 Å². The van der Waals surface area contributed by atoms with Crippen LogP contribution in [0.4, 0.5) is 29.3 Å². The maximum atomic E-state index is 13.8. The smallest absolute Gasteiger partial charge is 0.410 e. The van der Waals surface area contributed by atoms with Crippen molar-refractivity contribution in [2.45, 2.75) is 57.5 Å². The van der Waals surface area contributed by atoms with E-state index in [0.717, 1.165) is 9.80 Å². The van der Waals surface area contributed by atoms with Gasteiger partial charge in [-0.2, -0.15) is 13.2 Å². The van der Waals surface area contributed by atoms with Gasteiger partial charge >= 0.3 is 12.3 Å². The summed E-state index contributed by atoms with van der Waals surface area (Å²) in [6.45, 7) is 3.54. The number of hydrogen-bond donors (Lipinski definition) is 3. The highest BCUT2D eigenvalue weighted by Gasteiger charge is 2.48. The van der Waals surface area contributed by atoms with Gasteiger partial charge in [-0.15, -0.1) is 0 Å². The number of alkyl halides is 3. The zero-order valence-corrected chi connectivity index (χ0v) is 20.3. The number of halogens is 3. The lowest BCUT2D eigenvalue weighted by Crippen LogP contribution is -2.61. The van der Waals surface area contributed by atoms with Crippen LogP contribution in [0.5, 0.6) is 0 Å². The van der Waals surface area contributed by atoms with Crippen LogP contribution in [0, 0.1) is 0 Å². The molecule has 1 unspecified atom stereocenters. The second kappa shape index (κ2) is 10.7. The summed E-state index contributed by atoms with van der Waals surface area (Å²) < 4.78 is 46.5. The largest absolute Gasteiger partial charge is 0.444 e. The van der Waals surface area contributed by atoms with Crippen molar-refractivity contribution in [3.63, 3.8) is 0 Å². The monoisotopic (exact) mass is 513 g/mol. The Morgan fingerprint density at radius 3 is 2.47 bits per heavy atom. The lowest BCUT2D eigenvalue weighted by atomic mass is 10.1. The summed E-state index contributed by atoms with van der Waals surface area (Å²) in [7, 11) is 0. The van der Waals surface area contributed by atoms with E-state index in [2.05, 4.69) is 16.0 Å². The predicted molar refractivity (Wildman–Crippen MR) is 124 cm³/mol. The average molecular weight is 514 g/mol. The van der Waals surface area contributed by atoms with Crippen molar-refractivity contribution < 1.29 is 37.1 Å². The van der Waals surface area contributed by atoms with E-state index in [4.69, 9.17) is 4.74 Å². The minimum atomic E-state index is -4.66. The number of carbonyl (C=O) groups is 4. The summed E-state index contributed by atoms with van der Waals surface area (Å²) in [5.41, 5.74) is -0.0154. The molecule has 3 N–H and O–H groups in total. The number of ether oxygens (including phenoxy) is 1. The van der Waals surface area contributed by atoms with E-state index >= 15 is 0 Å². The van der Waals surface area contributed by atoms with Crippen molar-refractivity contribution in [2.24, 2.45) is 0 Å². The molecule has 198 valence electrons. The highest BCUT2D eigenvalue weighted by Crippen LogP contribution is 2.29. The molecule has 2 aliphatic rings. The number of hydrogen-bond acceptors (Lipinski definition) is 7. The lowest BCUT2D eigenvalue weighted by Gasteiger charge is -2.41. The third kappa shape index (κ3) is 7.57. The molecule has 0 aromatic heterocycles. The molecule has 0 saturated carbocycles. The zero-order chi connectivity index (χ0) is 26.7. The van der Waals surface area contributed by atoms with Gasteiger partial charge in [0.05, 0.1) is 6.54 Å². The van der Waals surface area contributed by atoms with Crippen LogP contribution in [0.2, 0.25) is 0 Å².